The van der Waals surface area contributed by atoms with Crippen molar-refractivity contribution >= 4 is 0 Å². The molecule has 1 heterocycles. The number of nitrogens with two attached hydrogens (primary N) is 1. The maximum Gasteiger partial charge on any atom is 0.0862 e. The van der Waals surface area contributed by atoms with E-state index in [9.17, 15) is 0 Å². The van der Waals surface area contributed by atoms with Gasteiger partial charge in [-0.2, -0.15) is 0 Å². The zero-order chi connectivity index (χ0) is 13.3. The van der Waals surface area contributed by atoms with Crippen molar-refractivity contribution in [2.75, 3.05) is 6.61 Å². The van der Waals surface area contributed by atoms with E-state index >= 15 is 0 Å². The van der Waals surface area contributed by atoms with Crippen LogP contribution in [0.25, 0.3) is 0 Å². The summed E-state index contributed by atoms with van der Waals surface area (Å²) in [4.78, 5) is 0. The van der Waals surface area contributed by atoms with E-state index < -0.39 is 0 Å². The SMILES string of the molecule is CC1(C(NN)c2ccc(C3CCC3)cc2)CCCO1. The van der Waals surface area contributed by atoms with Gasteiger partial charge in [0.15, 0.2) is 0 Å². The Morgan fingerprint density at radius 1 is 1.26 bits per heavy atom. The Balaban J connectivity index is 1.79. The van der Waals surface area contributed by atoms with Crippen LogP contribution in [0.4, 0.5) is 0 Å². The molecule has 2 unspecified atom stereocenters. The maximum atomic E-state index is 5.92. The number of hydrogen-bond acceptors (Lipinski definition) is 3. The van der Waals surface area contributed by atoms with Gasteiger partial charge in [-0.15, -0.1) is 0 Å². The molecular weight excluding hydrogens is 236 g/mol. The molecule has 2 aliphatic rings. The fraction of sp³-hybridized carbons (Fsp3) is 0.625. The Hall–Kier alpha value is -0.900. The molecule has 1 saturated carbocycles. The van der Waals surface area contributed by atoms with Crippen LogP contribution in [0.5, 0.6) is 0 Å². The summed E-state index contributed by atoms with van der Waals surface area (Å²) in [6.07, 6.45) is 6.25. The molecule has 1 saturated heterocycles. The molecule has 3 heteroatoms. The van der Waals surface area contributed by atoms with Crippen LogP contribution < -0.4 is 11.3 Å². The highest BCUT2D eigenvalue weighted by atomic mass is 16.5. The van der Waals surface area contributed by atoms with E-state index in [2.05, 4.69) is 36.6 Å². The first-order chi connectivity index (χ1) is 9.23. The molecule has 0 aromatic heterocycles. The lowest BCUT2D eigenvalue weighted by Gasteiger charge is -2.33. The first kappa shape index (κ1) is 13.1. The van der Waals surface area contributed by atoms with Crippen LogP contribution in [-0.4, -0.2) is 12.2 Å². The topological polar surface area (TPSA) is 47.3 Å². The molecule has 2 atom stereocenters. The van der Waals surface area contributed by atoms with E-state index in [0.717, 1.165) is 25.4 Å². The van der Waals surface area contributed by atoms with Crippen LogP contribution in [0.1, 0.15) is 62.1 Å². The molecule has 1 aliphatic heterocycles. The van der Waals surface area contributed by atoms with E-state index in [1.807, 2.05) is 0 Å². The molecule has 1 aromatic carbocycles. The van der Waals surface area contributed by atoms with Gasteiger partial charge in [0.1, 0.15) is 0 Å². The van der Waals surface area contributed by atoms with Crippen LogP contribution in [0, 0.1) is 0 Å². The zero-order valence-electron chi connectivity index (χ0n) is 11.7. The molecule has 0 spiro atoms. The fourth-order valence-corrected chi connectivity index (χ4v) is 3.36. The molecule has 1 aliphatic carbocycles. The largest absolute Gasteiger partial charge is 0.373 e. The van der Waals surface area contributed by atoms with Crippen LogP contribution in [0.2, 0.25) is 0 Å². The van der Waals surface area contributed by atoms with Gasteiger partial charge >= 0.3 is 0 Å². The number of hydrogen-bond donors (Lipinski definition) is 2. The summed E-state index contributed by atoms with van der Waals surface area (Å²) in [7, 11) is 0. The monoisotopic (exact) mass is 260 g/mol. The minimum absolute atomic E-state index is 0.0745. The third-order valence-electron chi connectivity index (χ3n) is 4.87. The minimum atomic E-state index is -0.174. The molecule has 0 amide bonds. The molecule has 0 radical (unpaired) electrons. The van der Waals surface area contributed by atoms with Gasteiger partial charge in [-0.05, 0) is 49.7 Å². The molecule has 3 N–H and O–H groups in total. The minimum Gasteiger partial charge on any atom is -0.373 e. The lowest BCUT2D eigenvalue weighted by atomic mass is 9.79. The van der Waals surface area contributed by atoms with E-state index in [4.69, 9.17) is 10.6 Å². The van der Waals surface area contributed by atoms with Gasteiger partial charge in [-0.3, -0.25) is 11.3 Å². The second-order valence-corrected chi connectivity index (χ2v) is 6.16. The van der Waals surface area contributed by atoms with E-state index in [0.29, 0.717) is 0 Å². The summed E-state index contributed by atoms with van der Waals surface area (Å²) < 4.78 is 5.92. The molecule has 104 valence electrons. The molecular formula is C16H24N2O. The van der Waals surface area contributed by atoms with Gasteiger partial charge in [-0.1, -0.05) is 30.7 Å². The highest BCUT2D eigenvalue weighted by Gasteiger charge is 2.38. The van der Waals surface area contributed by atoms with E-state index in [1.54, 1.807) is 0 Å². The summed E-state index contributed by atoms with van der Waals surface area (Å²) in [5.74, 6) is 6.56. The number of benzene rings is 1. The number of ether oxygens (including phenoxy) is 1. The lowest BCUT2D eigenvalue weighted by molar-refractivity contribution is -0.0125. The van der Waals surface area contributed by atoms with Crippen molar-refractivity contribution in [3.05, 3.63) is 35.4 Å². The predicted octanol–water partition coefficient (Wildman–Crippen LogP) is 3.03. The van der Waals surface area contributed by atoms with Crippen molar-refractivity contribution in [1.82, 2.24) is 5.43 Å². The third kappa shape index (κ3) is 2.42. The van der Waals surface area contributed by atoms with Gasteiger partial charge in [-0.25, -0.2) is 0 Å². The summed E-state index contributed by atoms with van der Waals surface area (Å²) >= 11 is 0. The van der Waals surface area contributed by atoms with Crippen molar-refractivity contribution in [2.45, 2.75) is 56.6 Å². The van der Waals surface area contributed by atoms with Gasteiger partial charge < -0.3 is 4.74 Å². The van der Waals surface area contributed by atoms with Crippen LogP contribution in [-0.2, 0) is 4.74 Å². The molecule has 3 rings (SSSR count). The van der Waals surface area contributed by atoms with Gasteiger partial charge in [0.05, 0.1) is 11.6 Å². The van der Waals surface area contributed by atoms with E-state index in [1.165, 1.54) is 30.4 Å². The second kappa shape index (κ2) is 5.23. The number of hydrazine groups is 1. The molecule has 2 fully saturated rings. The average molecular weight is 260 g/mol. The van der Waals surface area contributed by atoms with Gasteiger partial charge in [0, 0.05) is 6.61 Å². The summed E-state index contributed by atoms with van der Waals surface area (Å²) in [6.45, 7) is 3.00. The Kier molecular flexibility index (Phi) is 3.61. The molecule has 3 nitrogen and oxygen atoms in total. The van der Waals surface area contributed by atoms with Crippen molar-refractivity contribution in [3.63, 3.8) is 0 Å². The standard InChI is InChI=1S/C16H24N2O/c1-16(10-3-11-19-16)15(18-17)14-8-6-13(7-9-14)12-4-2-5-12/h6-9,12,15,18H,2-5,10-11,17H2,1H3. The van der Waals surface area contributed by atoms with Crippen LogP contribution >= 0.6 is 0 Å². The second-order valence-electron chi connectivity index (χ2n) is 6.16. The normalized spacial score (nSPS) is 29.2. The van der Waals surface area contributed by atoms with Crippen molar-refractivity contribution in [3.8, 4) is 0 Å². The fourth-order valence-electron chi connectivity index (χ4n) is 3.36. The summed E-state index contributed by atoms with van der Waals surface area (Å²) in [6, 6.07) is 9.03. The zero-order valence-corrected chi connectivity index (χ0v) is 11.7. The Morgan fingerprint density at radius 3 is 2.47 bits per heavy atom. The summed E-state index contributed by atoms with van der Waals surface area (Å²) in [5.41, 5.74) is 5.49. The quantitative estimate of drug-likeness (QED) is 0.646. The lowest BCUT2D eigenvalue weighted by Crippen LogP contribution is -2.44. The van der Waals surface area contributed by atoms with Gasteiger partial charge in [0.25, 0.3) is 0 Å². The van der Waals surface area contributed by atoms with E-state index in [-0.39, 0.29) is 11.6 Å². The van der Waals surface area contributed by atoms with Crippen molar-refractivity contribution in [1.29, 1.82) is 0 Å². The predicted molar refractivity (Wildman–Crippen MR) is 76.7 cm³/mol. The Labute approximate surface area is 115 Å². The van der Waals surface area contributed by atoms with Gasteiger partial charge in [0.2, 0.25) is 0 Å². The third-order valence-corrected chi connectivity index (χ3v) is 4.87. The van der Waals surface area contributed by atoms with Crippen LogP contribution in [0.15, 0.2) is 24.3 Å². The van der Waals surface area contributed by atoms with Crippen LogP contribution in [0.3, 0.4) is 0 Å². The first-order valence-electron chi connectivity index (χ1n) is 7.43. The van der Waals surface area contributed by atoms with Crippen molar-refractivity contribution < 1.29 is 4.74 Å². The molecule has 1 aromatic rings. The Bertz CT molecular complexity index is 419. The highest BCUT2D eigenvalue weighted by molar-refractivity contribution is 5.30. The number of nitrogens with one attached hydrogen (secondary N) is 1. The smallest absolute Gasteiger partial charge is 0.0862 e. The van der Waals surface area contributed by atoms with Crippen molar-refractivity contribution in [2.24, 2.45) is 5.84 Å². The average Bonchev–Trinajstić information content (AvgIpc) is 2.78. The highest BCUT2D eigenvalue weighted by Crippen LogP contribution is 2.39. The molecule has 19 heavy (non-hydrogen) atoms. The number of rotatable bonds is 4. The maximum absolute atomic E-state index is 5.92. The summed E-state index contributed by atoms with van der Waals surface area (Å²) in [5, 5.41) is 0. The first-order valence-corrected chi connectivity index (χ1v) is 7.43. The Morgan fingerprint density at radius 2 is 2.00 bits per heavy atom. The molecule has 0 bridgehead atoms.